The maximum atomic E-state index is 11.3. The van der Waals surface area contributed by atoms with Crippen LogP contribution in [0.3, 0.4) is 0 Å². The van der Waals surface area contributed by atoms with Crippen molar-refractivity contribution in [3.63, 3.8) is 0 Å². The third-order valence-electron chi connectivity index (χ3n) is 12.7. The summed E-state index contributed by atoms with van der Waals surface area (Å²) in [4.78, 5) is 6.92. The van der Waals surface area contributed by atoms with E-state index < -0.39 is 24.4 Å². The molecule has 0 unspecified atom stereocenters. The number of aromatic hydroxyl groups is 2. The maximum absolute atomic E-state index is 11.3. The smallest absolute Gasteiger partial charge is 0.165 e. The fourth-order valence-corrected chi connectivity index (χ4v) is 13.3. The predicted molar refractivity (Wildman–Crippen MR) is 167 cm³/mol. The molecule has 4 heterocycles. The highest BCUT2D eigenvalue weighted by molar-refractivity contribution is 8.76. The predicted octanol–water partition coefficient (Wildman–Crippen LogP) is 3.51. The Morgan fingerprint density at radius 2 is 1.14 bits per heavy atom. The second-order valence-corrected chi connectivity index (χ2v) is 16.5. The zero-order chi connectivity index (χ0) is 29.9. The van der Waals surface area contributed by atoms with Crippen molar-refractivity contribution < 1.29 is 29.9 Å². The lowest BCUT2D eigenvalue weighted by Gasteiger charge is -2.56. The molecule has 4 aliphatic heterocycles. The van der Waals surface area contributed by atoms with Crippen LogP contribution in [-0.2, 0) is 23.7 Å². The van der Waals surface area contributed by atoms with Crippen molar-refractivity contribution in [1.29, 1.82) is 0 Å². The summed E-state index contributed by atoms with van der Waals surface area (Å²) in [6.45, 7) is 1.85. The van der Waals surface area contributed by atoms with Gasteiger partial charge in [0, 0.05) is 55.7 Å². The van der Waals surface area contributed by atoms with Gasteiger partial charge in [-0.1, -0.05) is 45.9 Å². The van der Waals surface area contributed by atoms with Crippen LogP contribution in [0.5, 0.6) is 23.0 Å². The zero-order valence-electron chi connectivity index (χ0n) is 24.6. The zero-order valence-corrected chi connectivity index (χ0v) is 26.3. The minimum Gasteiger partial charge on any atom is -0.504 e. The second-order valence-electron chi connectivity index (χ2n) is 14.3. The van der Waals surface area contributed by atoms with Gasteiger partial charge in [0.1, 0.15) is 24.4 Å². The largest absolute Gasteiger partial charge is 0.504 e. The molecule has 4 bridgehead atoms. The number of phenolic OH excluding ortho intramolecular Hbond substituents is 2. The van der Waals surface area contributed by atoms with Crippen molar-refractivity contribution >= 4 is 21.6 Å². The molecule has 2 aromatic rings. The number of aliphatic hydroxyl groups is 2. The third kappa shape index (κ3) is 3.00. The van der Waals surface area contributed by atoms with Crippen molar-refractivity contribution in [2.75, 3.05) is 27.2 Å². The minimum atomic E-state index is -0.707. The first-order valence-corrected chi connectivity index (χ1v) is 18.0. The van der Waals surface area contributed by atoms with Gasteiger partial charge >= 0.3 is 0 Å². The number of likely N-dealkylation sites (N-methyl/N-ethyl adjacent to an activating group) is 2. The standard InChI is InChI=1S/C34H36N2O6S2/c1-35-9-7-33-17-3-5-21(37)31(33)41-29-23(39)13-25(15(27(29)33)11-19(17)35)43-44-26-14-24(40)30-28-16(26)12-20-18-4-6-22(38)32(42-30)34(18,28)8-10-36(20)2/h3-6,13-14,17-22,31-32,37-40H,7-12H2,1-2H3/t17-,18-,19+,20+,21-,22-,31-,32-,33-,34-/m0/s1. The highest BCUT2D eigenvalue weighted by atomic mass is 33.1. The van der Waals surface area contributed by atoms with E-state index in [0.717, 1.165) is 59.7 Å². The Hall–Kier alpha value is -2.34. The Balaban J connectivity index is 1.08. The van der Waals surface area contributed by atoms with Crippen molar-refractivity contribution in [2.24, 2.45) is 11.8 Å². The van der Waals surface area contributed by atoms with Gasteiger partial charge in [-0.3, -0.25) is 0 Å². The highest BCUT2D eigenvalue weighted by Crippen LogP contribution is 2.66. The number of piperidine rings is 2. The number of hydrogen-bond acceptors (Lipinski definition) is 10. The summed E-state index contributed by atoms with van der Waals surface area (Å²) >= 11 is 0. The lowest BCUT2D eigenvalue weighted by molar-refractivity contribution is -0.0456. The van der Waals surface area contributed by atoms with Gasteiger partial charge in [0.05, 0.1) is 0 Å². The second kappa shape index (κ2) is 8.72. The number of hydrogen-bond donors (Lipinski definition) is 4. The molecular formula is C34H36N2O6S2. The monoisotopic (exact) mass is 632 g/mol. The van der Waals surface area contributed by atoms with Gasteiger partial charge in [-0.25, -0.2) is 0 Å². The molecule has 0 radical (unpaired) electrons. The van der Waals surface area contributed by atoms with E-state index in [1.165, 1.54) is 11.1 Å². The number of phenols is 2. The van der Waals surface area contributed by atoms with Crippen LogP contribution in [0.1, 0.15) is 35.1 Å². The van der Waals surface area contributed by atoms with E-state index in [2.05, 4.69) is 36.0 Å². The molecular weight excluding hydrogens is 597 g/mol. The fraction of sp³-hybridized carbons (Fsp3) is 0.529. The van der Waals surface area contributed by atoms with Crippen LogP contribution >= 0.6 is 21.6 Å². The number of likely N-dealkylation sites (tertiary alicyclic amines) is 2. The van der Waals surface area contributed by atoms with Crippen LogP contribution in [0.2, 0.25) is 0 Å². The normalized spacial score (nSPS) is 41.6. The number of rotatable bonds is 3. The molecule has 8 nitrogen and oxygen atoms in total. The van der Waals surface area contributed by atoms with Gasteiger partial charge < -0.3 is 39.7 Å². The van der Waals surface area contributed by atoms with Crippen molar-refractivity contribution in [2.45, 2.75) is 82.8 Å². The molecule has 10 heteroatoms. The molecule has 0 amide bonds. The van der Waals surface area contributed by atoms with Crippen LogP contribution in [0, 0.1) is 11.8 Å². The first kappa shape index (κ1) is 26.8. The Bertz CT molecular complexity index is 1590. The molecule has 10 rings (SSSR count). The number of benzene rings is 2. The van der Waals surface area contributed by atoms with Crippen LogP contribution in [0.15, 0.2) is 46.2 Å². The Labute approximate surface area is 264 Å². The van der Waals surface area contributed by atoms with Crippen LogP contribution in [-0.4, -0.2) is 93.9 Å². The van der Waals surface area contributed by atoms with Gasteiger partial charge in [0.2, 0.25) is 0 Å². The molecule has 4 N–H and O–H groups in total. The molecule has 4 aliphatic carbocycles. The van der Waals surface area contributed by atoms with Crippen LogP contribution < -0.4 is 9.47 Å². The molecule has 230 valence electrons. The third-order valence-corrected chi connectivity index (χ3v) is 15.2. The van der Waals surface area contributed by atoms with Gasteiger partial charge in [0.25, 0.3) is 0 Å². The van der Waals surface area contributed by atoms with Crippen molar-refractivity contribution in [3.8, 4) is 23.0 Å². The molecule has 10 atom stereocenters. The SMILES string of the molecule is CN1CC[C@]23c4c5c(SSc6cc(O)c7c8c6C[C@@H]6[C@@H]9C=C[C@H](O)[C@H](O7)[C@]89CCN6C)cc(O)c4O[C@H]2[C@@H](O)C=C[C@H]3[C@H]1C5. The van der Waals surface area contributed by atoms with E-state index in [1.807, 2.05) is 24.3 Å². The van der Waals surface area contributed by atoms with Gasteiger partial charge in [-0.15, -0.1) is 0 Å². The summed E-state index contributed by atoms with van der Waals surface area (Å²) in [6, 6.07) is 4.27. The Kier molecular flexibility index (Phi) is 5.32. The van der Waals surface area contributed by atoms with Crippen LogP contribution in [0.25, 0.3) is 0 Å². The summed E-state index contributed by atoms with van der Waals surface area (Å²) in [5.74, 6) is 1.82. The lowest BCUT2D eigenvalue weighted by Crippen LogP contribution is -2.64. The van der Waals surface area contributed by atoms with Gasteiger partial charge in [-0.05, 0) is 76.1 Å². The summed E-state index contributed by atoms with van der Waals surface area (Å²) in [6.07, 6.45) is 9.41. The van der Waals surface area contributed by atoms with Crippen molar-refractivity contribution in [1.82, 2.24) is 9.80 Å². The maximum Gasteiger partial charge on any atom is 0.165 e. The topological polar surface area (TPSA) is 106 Å². The average Bonchev–Trinajstić information content (AvgIpc) is 3.54. The molecule has 8 aliphatic rings. The Morgan fingerprint density at radius 1 is 0.705 bits per heavy atom. The molecule has 2 fully saturated rings. The van der Waals surface area contributed by atoms with Crippen LogP contribution in [0.4, 0.5) is 0 Å². The highest BCUT2D eigenvalue weighted by Gasteiger charge is 2.66. The molecule has 44 heavy (non-hydrogen) atoms. The van der Waals surface area contributed by atoms with E-state index >= 15 is 0 Å². The average molecular weight is 633 g/mol. The van der Waals surface area contributed by atoms with E-state index in [-0.39, 0.29) is 34.2 Å². The quantitative estimate of drug-likeness (QED) is 0.297. The first-order chi connectivity index (χ1) is 21.2. The molecule has 0 aromatic heterocycles. The van der Waals surface area contributed by atoms with E-state index in [4.69, 9.17) is 9.47 Å². The summed E-state index contributed by atoms with van der Waals surface area (Å²) in [5.41, 5.74) is 3.93. The molecule has 2 saturated heterocycles. The molecule has 0 saturated carbocycles. The van der Waals surface area contributed by atoms with Gasteiger partial charge in [-0.2, -0.15) is 0 Å². The van der Waals surface area contributed by atoms with Gasteiger partial charge in [0.15, 0.2) is 23.0 Å². The van der Waals surface area contributed by atoms with E-state index in [1.54, 1.807) is 21.6 Å². The molecule has 2 aromatic carbocycles. The van der Waals surface area contributed by atoms with Crippen molar-refractivity contribution in [3.05, 3.63) is 58.7 Å². The summed E-state index contributed by atoms with van der Waals surface area (Å²) in [5, 5.41) is 44.8. The first-order valence-electron chi connectivity index (χ1n) is 15.8. The Morgan fingerprint density at radius 3 is 1.57 bits per heavy atom. The number of nitrogens with zero attached hydrogens (tertiary/aromatic N) is 2. The van der Waals surface area contributed by atoms with E-state index in [9.17, 15) is 20.4 Å². The van der Waals surface area contributed by atoms with E-state index in [0.29, 0.717) is 23.6 Å². The lowest BCUT2D eigenvalue weighted by atomic mass is 9.53. The fourth-order valence-electron chi connectivity index (χ4n) is 10.8. The number of aliphatic hydroxyl groups excluding tert-OH is 2. The molecule has 2 spiro atoms. The number of ether oxygens (including phenoxy) is 2. The minimum absolute atomic E-state index is 0.134. The summed E-state index contributed by atoms with van der Waals surface area (Å²) < 4.78 is 12.9. The summed E-state index contributed by atoms with van der Waals surface area (Å²) in [7, 11) is 7.66.